The number of nitrogens with one attached hydrogen (secondary N) is 1. The topological polar surface area (TPSA) is 27.1 Å². The van der Waals surface area contributed by atoms with Crippen molar-refractivity contribution in [2.24, 2.45) is 0 Å². The van der Waals surface area contributed by atoms with Crippen LogP contribution >= 0.6 is 0 Å². The zero-order valence-corrected chi connectivity index (χ0v) is 14.4. The van der Waals surface area contributed by atoms with Crippen LogP contribution in [0.25, 0.3) is 0 Å². The molecule has 2 nitrogen and oxygen atoms in total. The van der Waals surface area contributed by atoms with Crippen LogP contribution < -0.4 is 0 Å². The molecule has 0 aromatic heterocycles. The first-order valence-electron chi connectivity index (χ1n) is 7.60. The average molecular weight is 264 g/mol. The van der Waals surface area contributed by atoms with Gasteiger partial charge in [0, 0.05) is 12.7 Å². The summed E-state index contributed by atoms with van der Waals surface area (Å²) in [6.07, 6.45) is 4.18. The zero-order valence-electron chi connectivity index (χ0n) is 14.4. The van der Waals surface area contributed by atoms with Crippen LogP contribution in [0.4, 0.5) is 0 Å². The Balaban J connectivity index is 0. The summed E-state index contributed by atoms with van der Waals surface area (Å²) in [5.74, 6) is 0.602. The molecule has 3 heteroatoms. The lowest BCUT2D eigenvalue weighted by atomic mass is 9.65. The maximum absolute atomic E-state index is 7.66. The lowest BCUT2D eigenvalue weighted by Crippen LogP contribution is -2.23. The fourth-order valence-corrected chi connectivity index (χ4v) is 2.33. The van der Waals surface area contributed by atoms with Crippen molar-refractivity contribution in [1.82, 2.24) is 4.90 Å². The monoisotopic (exact) mass is 264 g/mol. The molecule has 0 aliphatic heterocycles. The molecule has 2 radical (unpaired) electrons. The van der Waals surface area contributed by atoms with Gasteiger partial charge in [0.1, 0.15) is 0 Å². The van der Waals surface area contributed by atoms with E-state index in [9.17, 15) is 0 Å². The third kappa shape index (κ3) is 7.44. The van der Waals surface area contributed by atoms with Gasteiger partial charge < -0.3 is 4.90 Å². The van der Waals surface area contributed by atoms with Crippen LogP contribution in [0.1, 0.15) is 74.1 Å². The van der Waals surface area contributed by atoms with Crippen LogP contribution in [0.5, 0.6) is 0 Å². The SMILES string of the molecule is CC.CC.[B]C1(C)CCCC(N(C)C(C)=N)=C(C)C1. The molecule has 0 spiro atoms. The van der Waals surface area contributed by atoms with Gasteiger partial charge in [0.25, 0.3) is 0 Å². The van der Waals surface area contributed by atoms with Crippen molar-refractivity contribution in [3.05, 3.63) is 11.3 Å². The highest BCUT2D eigenvalue weighted by Crippen LogP contribution is 2.40. The number of allylic oxidation sites excluding steroid dienone is 2. The van der Waals surface area contributed by atoms with Crippen molar-refractivity contribution in [2.45, 2.75) is 79.5 Å². The lowest BCUT2D eigenvalue weighted by molar-refractivity contribution is 0.536. The Bertz CT molecular complexity index is 293. The molecule has 1 N–H and O–H groups in total. The van der Waals surface area contributed by atoms with E-state index in [1.807, 2.05) is 46.6 Å². The molecule has 1 rings (SSSR count). The van der Waals surface area contributed by atoms with E-state index in [0.717, 1.165) is 25.7 Å². The molecule has 1 unspecified atom stereocenters. The molecule has 0 saturated heterocycles. The van der Waals surface area contributed by atoms with Gasteiger partial charge in [-0.3, -0.25) is 5.41 Å². The summed E-state index contributed by atoms with van der Waals surface area (Å²) in [5, 5.41) is 7.59. The first-order valence-corrected chi connectivity index (χ1v) is 7.60. The summed E-state index contributed by atoms with van der Waals surface area (Å²) >= 11 is 0. The quantitative estimate of drug-likeness (QED) is 0.395. The molecule has 1 aliphatic carbocycles. The molecule has 0 aromatic carbocycles. The van der Waals surface area contributed by atoms with Gasteiger partial charge >= 0.3 is 0 Å². The predicted molar refractivity (Wildman–Crippen MR) is 89.1 cm³/mol. The molecule has 0 aromatic rings. The summed E-state index contributed by atoms with van der Waals surface area (Å²) in [7, 11) is 8.17. The molecule has 0 saturated carbocycles. The number of hydrogen-bond acceptors (Lipinski definition) is 1. The van der Waals surface area contributed by atoms with Gasteiger partial charge in [-0.1, -0.05) is 51.9 Å². The highest BCUT2D eigenvalue weighted by molar-refractivity contribution is 6.15. The average Bonchev–Trinajstić information content (AvgIpc) is 2.50. The predicted octanol–water partition coefficient (Wildman–Crippen LogP) is 5.16. The van der Waals surface area contributed by atoms with E-state index >= 15 is 0 Å². The fourth-order valence-electron chi connectivity index (χ4n) is 2.33. The number of hydrogen-bond donors (Lipinski definition) is 1. The van der Waals surface area contributed by atoms with Gasteiger partial charge in [-0.15, -0.1) is 0 Å². The Morgan fingerprint density at radius 3 is 2.16 bits per heavy atom. The van der Waals surface area contributed by atoms with Crippen LogP contribution in [0.15, 0.2) is 11.3 Å². The molecule has 19 heavy (non-hydrogen) atoms. The van der Waals surface area contributed by atoms with Crippen molar-refractivity contribution in [1.29, 1.82) is 5.41 Å². The van der Waals surface area contributed by atoms with E-state index in [-0.39, 0.29) is 5.31 Å². The molecule has 1 atom stereocenters. The van der Waals surface area contributed by atoms with Crippen LogP contribution in [-0.4, -0.2) is 25.6 Å². The van der Waals surface area contributed by atoms with E-state index < -0.39 is 0 Å². The van der Waals surface area contributed by atoms with Crippen LogP contribution in [0.3, 0.4) is 0 Å². The molecular weight excluding hydrogens is 231 g/mol. The van der Waals surface area contributed by atoms with E-state index in [1.54, 1.807) is 0 Å². The minimum absolute atomic E-state index is 0.0669. The van der Waals surface area contributed by atoms with E-state index in [1.165, 1.54) is 11.3 Å². The normalized spacial score (nSPS) is 22.3. The molecular formula is C16H33BN2. The van der Waals surface area contributed by atoms with Crippen molar-refractivity contribution < 1.29 is 0 Å². The Hall–Kier alpha value is -0.725. The summed E-state index contributed by atoms with van der Waals surface area (Å²) in [6.45, 7) is 14.1. The first kappa shape index (κ1) is 20.6. The standard InChI is InChI=1S/C12H21BN2.2C2H6/c1-9-8-12(3,13)7-5-6-11(9)15(4)10(2)14;2*1-2/h14H,5-8H2,1-4H3;2*1-2H3. The lowest BCUT2D eigenvalue weighted by Gasteiger charge is -2.25. The second kappa shape index (κ2) is 10.1. The number of rotatable bonds is 1. The highest BCUT2D eigenvalue weighted by atomic mass is 15.1. The van der Waals surface area contributed by atoms with Gasteiger partial charge in [-0.2, -0.15) is 0 Å². The second-order valence-electron chi connectivity index (χ2n) is 5.06. The Morgan fingerprint density at radius 2 is 1.74 bits per heavy atom. The minimum atomic E-state index is -0.0669. The van der Waals surface area contributed by atoms with E-state index in [2.05, 4.69) is 13.8 Å². The molecule has 0 amide bonds. The third-order valence-corrected chi connectivity index (χ3v) is 3.23. The van der Waals surface area contributed by atoms with Gasteiger partial charge in [-0.25, -0.2) is 0 Å². The summed E-state index contributed by atoms with van der Waals surface area (Å²) in [6, 6.07) is 0. The maximum atomic E-state index is 7.66. The van der Waals surface area contributed by atoms with Crippen molar-refractivity contribution >= 4 is 13.7 Å². The van der Waals surface area contributed by atoms with Crippen LogP contribution in [0.2, 0.25) is 5.31 Å². The smallest absolute Gasteiger partial charge is 0.0965 e. The molecule has 0 heterocycles. The Labute approximate surface area is 122 Å². The van der Waals surface area contributed by atoms with E-state index in [0.29, 0.717) is 5.84 Å². The van der Waals surface area contributed by atoms with Crippen LogP contribution in [-0.2, 0) is 0 Å². The molecule has 0 bridgehead atoms. The zero-order chi connectivity index (χ0) is 15.6. The summed E-state index contributed by atoms with van der Waals surface area (Å²) < 4.78 is 0. The Morgan fingerprint density at radius 1 is 1.26 bits per heavy atom. The molecule has 0 fully saturated rings. The minimum Gasteiger partial charge on any atom is -0.337 e. The third-order valence-electron chi connectivity index (χ3n) is 3.23. The van der Waals surface area contributed by atoms with E-state index in [4.69, 9.17) is 13.3 Å². The summed E-state index contributed by atoms with van der Waals surface area (Å²) in [5.41, 5.74) is 2.63. The highest BCUT2D eigenvalue weighted by Gasteiger charge is 2.24. The van der Waals surface area contributed by atoms with Gasteiger partial charge in [0.15, 0.2) is 0 Å². The van der Waals surface area contributed by atoms with Crippen molar-refractivity contribution in [3.63, 3.8) is 0 Å². The number of nitrogens with zero attached hydrogens (tertiary/aromatic N) is 1. The van der Waals surface area contributed by atoms with Gasteiger partial charge in [0.05, 0.1) is 13.7 Å². The first-order chi connectivity index (χ1) is 8.83. The Kier molecular flexibility index (Phi) is 11.0. The number of amidine groups is 1. The second-order valence-corrected chi connectivity index (χ2v) is 5.06. The van der Waals surface area contributed by atoms with Crippen LogP contribution in [0, 0.1) is 5.41 Å². The van der Waals surface area contributed by atoms with Gasteiger partial charge in [-0.05, 0) is 33.1 Å². The fraction of sp³-hybridized carbons (Fsp3) is 0.812. The van der Waals surface area contributed by atoms with Gasteiger partial charge in [0.2, 0.25) is 0 Å². The maximum Gasteiger partial charge on any atom is 0.0965 e. The largest absolute Gasteiger partial charge is 0.337 e. The molecule has 1 aliphatic rings. The van der Waals surface area contributed by atoms with Crippen molar-refractivity contribution in [2.75, 3.05) is 7.05 Å². The summed E-state index contributed by atoms with van der Waals surface area (Å²) in [4.78, 5) is 1.98. The van der Waals surface area contributed by atoms with Crippen molar-refractivity contribution in [3.8, 4) is 0 Å². The molecule has 110 valence electrons.